The minimum atomic E-state index is -0.335. The zero-order valence-corrected chi connectivity index (χ0v) is 19.2. The Morgan fingerprint density at radius 2 is 1.90 bits per heavy atom. The Balaban J connectivity index is 1.45. The maximum absolute atomic E-state index is 12.8. The van der Waals surface area contributed by atoms with E-state index in [0.29, 0.717) is 25.5 Å². The van der Waals surface area contributed by atoms with E-state index in [0.717, 1.165) is 45.2 Å². The van der Waals surface area contributed by atoms with E-state index in [1.54, 1.807) is 11.9 Å². The van der Waals surface area contributed by atoms with Crippen LogP contribution in [0.25, 0.3) is 0 Å². The monoisotopic (exact) mass is 427 g/mol. The molecular weight excluding hydrogens is 390 g/mol. The first-order chi connectivity index (χ1) is 14.9. The number of carbonyl (C=O) groups excluding carboxylic acids is 2. The van der Waals surface area contributed by atoms with Crippen LogP contribution in [0.3, 0.4) is 0 Å². The lowest BCUT2D eigenvalue weighted by molar-refractivity contribution is -0.138. The van der Waals surface area contributed by atoms with Gasteiger partial charge in [-0.1, -0.05) is 43.2 Å². The molecule has 0 bridgehead atoms. The molecule has 7 nitrogen and oxygen atoms in total. The fourth-order valence-corrected chi connectivity index (χ4v) is 4.82. The van der Waals surface area contributed by atoms with Crippen molar-refractivity contribution in [1.82, 2.24) is 20.4 Å². The molecule has 1 saturated carbocycles. The smallest absolute Gasteiger partial charge is 0.230 e. The third kappa shape index (κ3) is 5.99. The van der Waals surface area contributed by atoms with Crippen LogP contribution in [0.2, 0.25) is 0 Å². The van der Waals surface area contributed by atoms with Gasteiger partial charge in [0.1, 0.15) is 0 Å². The van der Waals surface area contributed by atoms with E-state index in [-0.39, 0.29) is 23.1 Å². The van der Waals surface area contributed by atoms with Crippen molar-refractivity contribution in [1.29, 1.82) is 0 Å². The van der Waals surface area contributed by atoms with Gasteiger partial charge in [0.2, 0.25) is 11.8 Å². The third-order valence-corrected chi connectivity index (χ3v) is 6.60. The van der Waals surface area contributed by atoms with Crippen molar-refractivity contribution in [2.75, 3.05) is 47.3 Å². The molecule has 170 valence electrons. The standard InChI is InChI=1S/C24H37N5O2/c1-25-23(27-18-24(12-7-8-13-24)22(31)28(2)3)26-16-20-15-21(30)29(17-20)14-11-19-9-5-4-6-10-19/h4-6,9-10,20H,7-8,11-18H2,1-3H3,(H2,25,26,27). The highest BCUT2D eigenvalue weighted by Gasteiger charge is 2.42. The number of hydrogen-bond acceptors (Lipinski definition) is 3. The molecule has 1 aromatic rings. The second-order valence-electron chi connectivity index (χ2n) is 9.14. The quantitative estimate of drug-likeness (QED) is 0.491. The van der Waals surface area contributed by atoms with Gasteiger partial charge in [-0.2, -0.15) is 0 Å². The van der Waals surface area contributed by atoms with Crippen LogP contribution in [0.1, 0.15) is 37.7 Å². The molecule has 1 aromatic carbocycles. The van der Waals surface area contributed by atoms with Gasteiger partial charge in [0.05, 0.1) is 5.41 Å². The lowest BCUT2D eigenvalue weighted by atomic mass is 9.84. The second-order valence-corrected chi connectivity index (χ2v) is 9.14. The summed E-state index contributed by atoms with van der Waals surface area (Å²) in [6.07, 6.45) is 5.48. The Labute approximate surface area is 186 Å². The molecule has 0 radical (unpaired) electrons. The van der Waals surface area contributed by atoms with Crippen LogP contribution in [-0.4, -0.2) is 74.9 Å². The summed E-state index contributed by atoms with van der Waals surface area (Å²) in [5.74, 6) is 1.40. The Morgan fingerprint density at radius 3 is 2.55 bits per heavy atom. The van der Waals surface area contributed by atoms with Crippen LogP contribution in [-0.2, 0) is 16.0 Å². The Morgan fingerprint density at radius 1 is 1.19 bits per heavy atom. The first-order valence-corrected chi connectivity index (χ1v) is 11.4. The number of benzene rings is 1. The van der Waals surface area contributed by atoms with Crippen LogP contribution >= 0.6 is 0 Å². The fourth-order valence-electron chi connectivity index (χ4n) is 4.82. The summed E-state index contributed by atoms with van der Waals surface area (Å²) in [5.41, 5.74) is 0.924. The highest BCUT2D eigenvalue weighted by atomic mass is 16.2. The van der Waals surface area contributed by atoms with Crippen molar-refractivity contribution in [3.05, 3.63) is 35.9 Å². The van der Waals surface area contributed by atoms with Crippen molar-refractivity contribution >= 4 is 17.8 Å². The highest BCUT2D eigenvalue weighted by Crippen LogP contribution is 2.38. The minimum Gasteiger partial charge on any atom is -0.356 e. The van der Waals surface area contributed by atoms with Gasteiger partial charge in [-0.25, -0.2) is 0 Å². The van der Waals surface area contributed by atoms with E-state index in [2.05, 4.69) is 27.8 Å². The lowest BCUT2D eigenvalue weighted by Gasteiger charge is -2.31. The number of nitrogens with one attached hydrogen (secondary N) is 2. The molecule has 2 N–H and O–H groups in total. The van der Waals surface area contributed by atoms with E-state index in [1.807, 2.05) is 37.2 Å². The first kappa shape index (κ1) is 23.1. The summed E-state index contributed by atoms with van der Waals surface area (Å²) in [6, 6.07) is 10.3. The van der Waals surface area contributed by atoms with Crippen LogP contribution in [0.15, 0.2) is 35.3 Å². The average molecular weight is 428 g/mol. The van der Waals surface area contributed by atoms with Crippen LogP contribution in [0.5, 0.6) is 0 Å². The first-order valence-electron chi connectivity index (χ1n) is 11.4. The molecule has 0 spiro atoms. The predicted octanol–water partition coefficient (Wildman–Crippen LogP) is 1.89. The average Bonchev–Trinajstić information content (AvgIpc) is 3.39. The number of guanidine groups is 1. The molecule has 1 unspecified atom stereocenters. The molecule has 1 saturated heterocycles. The number of hydrogen-bond donors (Lipinski definition) is 2. The molecule has 1 aliphatic carbocycles. The van der Waals surface area contributed by atoms with E-state index < -0.39 is 0 Å². The maximum Gasteiger partial charge on any atom is 0.230 e. The largest absolute Gasteiger partial charge is 0.356 e. The highest BCUT2D eigenvalue weighted by molar-refractivity contribution is 5.85. The maximum atomic E-state index is 12.8. The van der Waals surface area contributed by atoms with Crippen molar-refractivity contribution in [3.8, 4) is 0 Å². The zero-order chi connectivity index (χ0) is 22.3. The van der Waals surface area contributed by atoms with Gasteiger partial charge >= 0.3 is 0 Å². The van der Waals surface area contributed by atoms with Gasteiger partial charge in [0, 0.05) is 59.7 Å². The van der Waals surface area contributed by atoms with E-state index in [1.165, 1.54) is 5.56 Å². The van der Waals surface area contributed by atoms with Gasteiger partial charge in [0.15, 0.2) is 5.96 Å². The number of aliphatic imine (C=N–C) groups is 1. The SMILES string of the molecule is CN=C(NCC1CC(=O)N(CCc2ccccc2)C1)NCC1(C(=O)N(C)C)CCCC1. The topological polar surface area (TPSA) is 77.0 Å². The number of rotatable bonds is 8. The van der Waals surface area contributed by atoms with Gasteiger partial charge < -0.3 is 20.4 Å². The molecule has 2 aliphatic rings. The van der Waals surface area contributed by atoms with E-state index in [4.69, 9.17) is 0 Å². The summed E-state index contributed by atoms with van der Waals surface area (Å²) in [4.78, 5) is 33.2. The molecule has 1 heterocycles. The number of nitrogens with zero attached hydrogens (tertiary/aromatic N) is 3. The minimum absolute atomic E-state index is 0.198. The molecule has 31 heavy (non-hydrogen) atoms. The summed E-state index contributed by atoms with van der Waals surface area (Å²) in [5, 5.41) is 6.74. The zero-order valence-electron chi connectivity index (χ0n) is 19.2. The van der Waals surface area contributed by atoms with Gasteiger partial charge in [-0.05, 0) is 24.8 Å². The second kappa shape index (κ2) is 10.6. The molecule has 2 amide bonds. The van der Waals surface area contributed by atoms with Crippen molar-refractivity contribution in [2.24, 2.45) is 16.3 Å². The predicted molar refractivity (Wildman–Crippen MR) is 124 cm³/mol. The molecule has 0 aromatic heterocycles. The van der Waals surface area contributed by atoms with Crippen molar-refractivity contribution < 1.29 is 9.59 Å². The molecule has 3 rings (SSSR count). The summed E-state index contributed by atoms with van der Waals surface area (Å²) < 4.78 is 0. The van der Waals surface area contributed by atoms with Gasteiger partial charge in [-0.15, -0.1) is 0 Å². The normalized spacial score (nSPS) is 20.7. The molecule has 1 atom stereocenters. The Hall–Kier alpha value is -2.57. The van der Waals surface area contributed by atoms with Gasteiger partial charge in [0.25, 0.3) is 0 Å². The molecule has 1 aliphatic heterocycles. The number of likely N-dealkylation sites (tertiary alicyclic amines) is 1. The van der Waals surface area contributed by atoms with Gasteiger partial charge in [-0.3, -0.25) is 14.6 Å². The summed E-state index contributed by atoms with van der Waals surface area (Å²) in [6.45, 7) is 2.83. The summed E-state index contributed by atoms with van der Waals surface area (Å²) in [7, 11) is 5.41. The van der Waals surface area contributed by atoms with Crippen molar-refractivity contribution in [3.63, 3.8) is 0 Å². The molecular formula is C24H37N5O2. The lowest BCUT2D eigenvalue weighted by Crippen LogP contribution is -2.49. The Bertz CT molecular complexity index is 771. The molecule has 2 fully saturated rings. The van der Waals surface area contributed by atoms with Crippen molar-refractivity contribution in [2.45, 2.75) is 38.5 Å². The fraction of sp³-hybridized carbons (Fsp3) is 0.625. The van der Waals surface area contributed by atoms with Crippen LogP contribution < -0.4 is 10.6 Å². The van der Waals surface area contributed by atoms with E-state index in [9.17, 15) is 9.59 Å². The number of carbonyl (C=O) groups is 2. The molecule has 7 heteroatoms. The van der Waals surface area contributed by atoms with Crippen LogP contribution in [0.4, 0.5) is 0 Å². The van der Waals surface area contributed by atoms with E-state index >= 15 is 0 Å². The van der Waals surface area contributed by atoms with Crippen LogP contribution in [0, 0.1) is 11.3 Å². The third-order valence-electron chi connectivity index (χ3n) is 6.60. The summed E-state index contributed by atoms with van der Waals surface area (Å²) >= 11 is 0. The Kier molecular flexibility index (Phi) is 7.93. The number of amides is 2.